The number of nitrogens with one attached hydrogen (secondary N) is 3. The van der Waals surface area contributed by atoms with Crippen molar-refractivity contribution in [1.29, 1.82) is 0 Å². The van der Waals surface area contributed by atoms with Gasteiger partial charge < -0.3 is 10.6 Å². The van der Waals surface area contributed by atoms with Crippen molar-refractivity contribution >= 4 is 11.7 Å². The lowest BCUT2D eigenvalue weighted by Crippen LogP contribution is -2.41. The van der Waals surface area contributed by atoms with Crippen LogP contribution in [0, 0.1) is 6.92 Å². The van der Waals surface area contributed by atoms with Crippen molar-refractivity contribution in [2.75, 3.05) is 5.32 Å². The maximum absolute atomic E-state index is 12.4. The molecular formula is C18H20N6O. The van der Waals surface area contributed by atoms with Gasteiger partial charge in [0, 0.05) is 36.2 Å². The molecule has 2 amide bonds. The van der Waals surface area contributed by atoms with Crippen LogP contribution in [0.1, 0.15) is 23.2 Å². The minimum atomic E-state index is -0.186. The van der Waals surface area contributed by atoms with Crippen molar-refractivity contribution in [2.24, 2.45) is 0 Å². The lowest BCUT2D eigenvalue weighted by Gasteiger charge is -2.23. The van der Waals surface area contributed by atoms with Crippen molar-refractivity contribution in [2.45, 2.75) is 32.2 Å². The number of anilines is 1. The van der Waals surface area contributed by atoms with Gasteiger partial charge in [0.1, 0.15) is 0 Å². The van der Waals surface area contributed by atoms with E-state index in [1.807, 2.05) is 43.6 Å². The minimum absolute atomic E-state index is 0.113. The minimum Gasteiger partial charge on any atom is -0.335 e. The van der Waals surface area contributed by atoms with Gasteiger partial charge in [0.25, 0.3) is 0 Å². The molecule has 0 fully saturated rings. The average molecular weight is 336 g/mol. The highest BCUT2D eigenvalue weighted by Gasteiger charge is 2.21. The smallest absolute Gasteiger partial charge is 0.319 e. The number of carbonyl (C=O) groups is 1. The van der Waals surface area contributed by atoms with E-state index < -0.39 is 0 Å². The number of aryl methyl sites for hydroxylation is 2. The van der Waals surface area contributed by atoms with E-state index in [9.17, 15) is 4.79 Å². The second-order valence-corrected chi connectivity index (χ2v) is 6.36. The summed E-state index contributed by atoms with van der Waals surface area (Å²) >= 11 is 0. The van der Waals surface area contributed by atoms with Crippen molar-refractivity contribution in [3.63, 3.8) is 0 Å². The van der Waals surface area contributed by atoms with Gasteiger partial charge in [-0.15, -0.1) is 0 Å². The average Bonchev–Trinajstić information content (AvgIpc) is 3.27. The molecule has 0 spiro atoms. The number of urea groups is 1. The molecule has 2 heterocycles. The van der Waals surface area contributed by atoms with E-state index >= 15 is 0 Å². The van der Waals surface area contributed by atoms with E-state index in [1.54, 1.807) is 10.9 Å². The molecule has 1 unspecified atom stereocenters. The first-order chi connectivity index (χ1) is 12.2. The summed E-state index contributed by atoms with van der Waals surface area (Å²) in [4.78, 5) is 12.4. The third-order valence-electron chi connectivity index (χ3n) is 4.59. The van der Waals surface area contributed by atoms with Crippen LogP contribution in [0.5, 0.6) is 0 Å². The Balaban J connectivity index is 1.43. The third-order valence-corrected chi connectivity index (χ3v) is 4.59. The second-order valence-electron chi connectivity index (χ2n) is 6.36. The number of rotatable bonds is 3. The summed E-state index contributed by atoms with van der Waals surface area (Å²) in [7, 11) is 0. The van der Waals surface area contributed by atoms with Gasteiger partial charge in [-0.2, -0.15) is 10.2 Å². The molecule has 2 aromatic heterocycles. The van der Waals surface area contributed by atoms with Crippen molar-refractivity contribution in [3.8, 4) is 5.69 Å². The van der Waals surface area contributed by atoms with Crippen molar-refractivity contribution < 1.29 is 4.79 Å². The molecule has 1 aromatic carbocycles. The maximum Gasteiger partial charge on any atom is 0.319 e. The Morgan fingerprint density at radius 3 is 3.16 bits per heavy atom. The quantitative estimate of drug-likeness (QED) is 0.687. The summed E-state index contributed by atoms with van der Waals surface area (Å²) in [5, 5.41) is 17.3. The fourth-order valence-corrected chi connectivity index (χ4v) is 3.18. The standard InChI is InChI=1S/C18H20N6O/c1-12-3-6-15(24-8-2-7-20-24)10-16(12)22-18(25)21-14-5-4-13-11-19-23-17(13)9-14/h2-3,6-8,10-11,14H,4-5,9H2,1H3,(H,19,23)(H2,21,22,25). The fraction of sp³-hybridized carbons (Fsp3) is 0.278. The number of benzene rings is 1. The van der Waals surface area contributed by atoms with Crippen LogP contribution in [-0.2, 0) is 12.8 Å². The molecule has 7 nitrogen and oxygen atoms in total. The van der Waals surface area contributed by atoms with Gasteiger partial charge in [-0.25, -0.2) is 9.48 Å². The first-order valence-electron chi connectivity index (χ1n) is 8.38. The first-order valence-corrected chi connectivity index (χ1v) is 8.38. The van der Waals surface area contributed by atoms with E-state index in [4.69, 9.17) is 0 Å². The SMILES string of the molecule is Cc1ccc(-n2cccn2)cc1NC(=O)NC1CCc2cn[nH]c2C1. The molecule has 0 bridgehead atoms. The molecule has 0 radical (unpaired) electrons. The van der Waals surface area contributed by atoms with Gasteiger partial charge in [-0.3, -0.25) is 5.10 Å². The van der Waals surface area contributed by atoms with Crippen LogP contribution < -0.4 is 10.6 Å². The molecule has 25 heavy (non-hydrogen) atoms. The number of aromatic amines is 1. The van der Waals surface area contributed by atoms with Crippen LogP contribution in [-0.4, -0.2) is 32.1 Å². The first kappa shape index (κ1) is 15.4. The summed E-state index contributed by atoms with van der Waals surface area (Å²) in [6.45, 7) is 1.97. The van der Waals surface area contributed by atoms with Gasteiger partial charge in [0.05, 0.1) is 11.9 Å². The fourth-order valence-electron chi connectivity index (χ4n) is 3.18. The normalized spacial score (nSPS) is 16.3. The van der Waals surface area contributed by atoms with Crippen LogP contribution in [0.2, 0.25) is 0 Å². The molecule has 4 rings (SSSR count). The van der Waals surface area contributed by atoms with Crippen molar-refractivity contribution in [3.05, 3.63) is 59.7 Å². The number of carbonyl (C=O) groups excluding carboxylic acids is 1. The summed E-state index contributed by atoms with van der Waals surface area (Å²) in [5.41, 5.74) is 5.06. The van der Waals surface area contributed by atoms with Crippen LogP contribution in [0.4, 0.5) is 10.5 Å². The summed E-state index contributed by atoms with van der Waals surface area (Å²) in [6.07, 6.45) is 8.12. The number of fused-ring (bicyclic) bond motifs is 1. The lowest BCUT2D eigenvalue weighted by atomic mass is 9.94. The Kier molecular flexibility index (Phi) is 3.97. The number of hydrogen-bond acceptors (Lipinski definition) is 3. The van der Waals surface area contributed by atoms with E-state index in [0.717, 1.165) is 41.9 Å². The van der Waals surface area contributed by atoms with Crippen LogP contribution in [0.3, 0.4) is 0 Å². The highest BCUT2D eigenvalue weighted by molar-refractivity contribution is 5.90. The van der Waals surface area contributed by atoms with Crippen molar-refractivity contribution in [1.82, 2.24) is 25.3 Å². The van der Waals surface area contributed by atoms with E-state index in [-0.39, 0.29) is 12.1 Å². The van der Waals surface area contributed by atoms with Gasteiger partial charge in [-0.05, 0) is 49.1 Å². The molecule has 7 heteroatoms. The predicted molar refractivity (Wildman–Crippen MR) is 94.9 cm³/mol. The molecule has 0 saturated heterocycles. The number of aromatic nitrogens is 4. The highest BCUT2D eigenvalue weighted by atomic mass is 16.2. The van der Waals surface area contributed by atoms with Crippen LogP contribution in [0.25, 0.3) is 5.69 Å². The summed E-state index contributed by atoms with van der Waals surface area (Å²) < 4.78 is 1.77. The summed E-state index contributed by atoms with van der Waals surface area (Å²) in [5.74, 6) is 0. The molecule has 3 aromatic rings. The van der Waals surface area contributed by atoms with Gasteiger partial charge in [0.15, 0.2) is 0 Å². The van der Waals surface area contributed by atoms with E-state index in [0.29, 0.717) is 0 Å². The zero-order valence-electron chi connectivity index (χ0n) is 14.0. The molecule has 0 aliphatic heterocycles. The lowest BCUT2D eigenvalue weighted by molar-refractivity contribution is 0.247. The molecule has 0 saturated carbocycles. The van der Waals surface area contributed by atoms with Gasteiger partial charge in [-0.1, -0.05) is 6.07 Å². The third kappa shape index (κ3) is 3.26. The molecule has 1 atom stereocenters. The van der Waals surface area contributed by atoms with E-state index in [2.05, 4.69) is 25.9 Å². The topological polar surface area (TPSA) is 87.6 Å². The molecular weight excluding hydrogens is 316 g/mol. The molecule has 128 valence electrons. The zero-order chi connectivity index (χ0) is 17.2. The summed E-state index contributed by atoms with van der Waals surface area (Å²) in [6, 6.07) is 7.68. The Hall–Kier alpha value is -3.09. The van der Waals surface area contributed by atoms with Crippen LogP contribution >= 0.6 is 0 Å². The second kappa shape index (κ2) is 6.43. The Morgan fingerprint density at radius 1 is 1.40 bits per heavy atom. The maximum atomic E-state index is 12.4. The molecule has 1 aliphatic rings. The number of amides is 2. The Labute approximate surface area is 145 Å². The highest BCUT2D eigenvalue weighted by Crippen LogP contribution is 2.21. The predicted octanol–water partition coefficient (Wildman–Crippen LogP) is 2.58. The molecule has 3 N–H and O–H groups in total. The zero-order valence-corrected chi connectivity index (χ0v) is 14.0. The molecule has 1 aliphatic carbocycles. The van der Waals surface area contributed by atoms with Gasteiger partial charge in [0.2, 0.25) is 0 Å². The number of nitrogens with zero attached hydrogens (tertiary/aromatic N) is 3. The Morgan fingerprint density at radius 2 is 2.32 bits per heavy atom. The van der Waals surface area contributed by atoms with Crippen LogP contribution in [0.15, 0.2) is 42.9 Å². The number of H-pyrrole nitrogens is 1. The monoisotopic (exact) mass is 336 g/mol. The van der Waals surface area contributed by atoms with Gasteiger partial charge >= 0.3 is 6.03 Å². The Bertz CT molecular complexity index is 883. The largest absolute Gasteiger partial charge is 0.335 e. The number of hydrogen-bond donors (Lipinski definition) is 3. The van der Waals surface area contributed by atoms with E-state index in [1.165, 1.54) is 5.56 Å².